The van der Waals surface area contributed by atoms with E-state index >= 15 is 0 Å². The van der Waals surface area contributed by atoms with Crippen molar-refractivity contribution in [3.8, 4) is 0 Å². The highest BCUT2D eigenvalue weighted by Gasteiger charge is 2.05. The Hall–Kier alpha value is -2.02. The van der Waals surface area contributed by atoms with Gasteiger partial charge in [0.05, 0.1) is 27.0 Å². The van der Waals surface area contributed by atoms with Crippen LogP contribution in [0.5, 0.6) is 0 Å². The highest BCUT2D eigenvalue weighted by atomic mass is 35.5. The number of aromatic nitrogens is 2. The number of thioether (sulfide) groups is 1. The second kappa shape index (κ2) is 7.70. The molecular formula is C16H12Cl2N4OS. The average Bonchev–Trinajstić information content (AvgIpc) is 2.99. The molecule has 0 aliphatic carbocycles. The van der Waals surface area contributed by atoms with Crippen LogP contribution in [0.2, 0.25) is 10.0 Å². The van der Waals surface area contributed by atoms with Crippen molar-refractivity contribution in [2.45, 2.75) is 5.03 Å². The van der Waals surface area contributed by atoms with Gasteiger partial charge in [-0.05, 0) is 12.1 Å². The number of fused-ring (bicyclic) bond motifs is 1. The summed E-state index contributed by atoms with van der Waals surface area (Å²) in [6, 6.07) is 9.49. The SMILES string of the molecule is O=C(CSc1cc(Cl)c(Cl)cn1)NN=Cc1c[nH]c2ccccc12. The maximum absolute atomic E-state index is 11.8. The first kappa shape index (κ1) is 16.8. The number of H-pyrrole nitrogens is 1. The summed E-state index contributed by atoms with van der Waals surface area (Å²) in [5, 5.41) is 6.45. The van der Waals surface area contributed by atoms with Crippen LogP contribution < -0.4 is 5.43 Å². The minimum Gasteiger partial charge on any atom is -0.361 e. The lowest BCUT2D eigenvalue weighted by Gasteiger charge is -2.01. The van der Waals surface area contributed by atoms with E-state index in [9.17, 15) is 4.79 Å². The van der Waals surface area contributed by atoms with Crippen molar-refractivity contribution >= 4 is 58.0 Å². The van der Waals surface area contributed by atoms with E-state index in [0.717, 1.165) is 16.5 Å². The molecule has 1 aromatic carbocycles. The molecule has 0 aliphatic heterocycles. The molecule has 24 heavy (non-hydrogen) atoms. The van der Waals surface area contributed by atoms with Gasteiger partial charge in [0.15, 0.2) is 0 Å². The number of carbonyl (C=O) groups excluding carboxylic acids is 1. The fourth-order valence-corrected chi connectivity index (χ4v) is 3.01. The minimum atomic E-state index is -0.232. The van der Waals surface area contributed by atoms with Gasteiger partial charge >= 0.3 is 0 Å². The van der Waals surface area contributed by atoms with E-state index in [1.807, 2.05) is 30.5 Å². The molecule has 0 saturated heterocycles. The number of halogens is 2. The van der Waals surface area contributed by atoms with Crippen LogP contribution in [0.4, 0.5) is 0 Å². The number of benzene rings is 1. The molecule has 122 valence electrons. The summed E-state index contributed by atoms with van der Waals surface area (Å²) < 4.78 is 0. The lowest BCUT2D eigenvalue weighted by Crippen LogP contribution is -2.19. The molecule has 0 aliphatic rings. The number of aromatic amines is 1. The minimum absolute atomic E-state index is 0.177. The van der Waals surface area contributed by atoms with Gasteiger partial charge in [-0.1, -0.05) is 53.2 Å². The largest absolute Gasteiger partial charge is 0.361 e. The summed E-state index contributed by atoms with van der Waals surface area (Å²) in [5.74, 6) is -0.0557. The van der Waals surface area contributed by atoms with Crippen LogP contribution in [0.15, 0.2) is 52.9 Å². The van der Waals surface area contributed by atoms with E-state index < -0.39 is 0 Å². The van der Waals surface area contributed by atoms with E-state index in [2.05, 4.69) is 20.5 Å². The summed E-state index contributed by atoms with van der Waals surface area (Å²) in [4.78, 5) is 19.1. The summed E-state index contributed by atoms with van der Waals surface area (Å²) in [7, 11) is 0. The number of para-hydroxylation sites is 1. The van der Waals surface area contributed by atoms with Gasteiger partial charge in [0.1, 0.15) is 0 Å². The zero-order chi connectivity index (χ0) is 16.9. The van der Waals surface area contributed by atoms with E-state index in [-0.39, 0.29) is 11.7 Å². The fourth-order valence-electron chi connectivity index (χ4n) is 2.02. The van der Waals surface area contributed by atoms with Crippen LogP contribution in [0.25, 0.3) is 10.9 Å². The molecule has 0 saturated carbocycles. The lowest BCUT2D eigenvalue weighted by atomic mass is 10.2. The summed E-state index contributed by atoms with van der Waals surface area (Å²) >= 11 is 13.0. The van der Waals surface area contributed by atoms with Crippen LogP contribution >= 0.6 is 35.0 Å². The predicted molar refractivity (Wildman–Crippen MR) is 99.0 cm³/mol. The Morgan fingerprint density at radius 3 is 3.00 bits per heavy atom. The first-order chi connectivity index (χ1) is 11.6. The highest BCUT2D eigenvalue weighted by molar-refractivity contribution is 7.99. The molecular weight excluding hydrogens is 367 g/mol. The number of hydrogen-bond acceptors (Lipinski definition) is 4. The number of pyridine rings is 1. The maximum atomic E-state index is 11.8. The third-order valence-corrected chi connectivity index (χ3v) is 4.78. The van der Waals surface area contributed by atoms with E-state index in [1.165, 1.54) is 18.0 Å². The number of rotatable bonds is 5. The van der Waals surface area contributed by atoms with Gasteiger partial charge in [-0.15, -0.1) is 0 Å². The number of amides is 1. The van der Waals surface area contributed by atoms with Gasteiger partial charge in [-0.2, -0.15) is 5.10 Å². The topological polar surface area (TPSA) is 70.1 Å². The predicted octanol–water partition coefficient (Wildman–Crippen LogP) is 4.11. The Kier molecular flexibility index (Phi) is 5.40. The Labute approximate surface area is 152 Å². The molecule has 2 N–H and O–H groups in total. The normalized spacial score (nSPS) is 11.2. The van der Waals surface area contributed by atoms with Crippen LogP contribution in [0.3, 0.4) is 0 Å². The molecule has 0 bridgehead atoms. The Bertz CT molecular complexity index is 910. The smallest absolute Gasteiger partial charge is 0.250 e. The summed E-state index contributed by atoms with van der Waals surface area (Å²) in [6.45, 7) is 0. The monoisotopic (exact) mass is 378 g/mol. The van der Waals surface area contributed by atoms with Crippen LogP contribution in [-0.2, 0) is 4.79 Å². The number of carbonyl (C=O) groups is 1. The quantitative estimate of drug-likeness (QED) is 0.398. The molecule has 0 atom stereocenters. The molecule has 5 nitrogen and oxygen atoms in total. The van der Waals surface area contributed by atoms with Crippen LogP contribution in [-0.4, -0.2) is 27.8 Å². The Balaban J connectivity index is 1.54. The fraction of sp³-hybridized carbons (Fsp3) is 0.0625. The molecule has 0 radical (unpaired) electrons. The van der Waals surface area contributed by atoms with Gasteiger partial charge in [0.2, 0.25) is 5.91 Å². The highest BCUT2D eigenvalue weighted by Crippen LogP contribution is 2.25. The molecule has 1 amide bonds. The van der Waals surface area contributed by atoms with Crippen molar-refractivity contribution in [1.82, 2.24) is 15.4 Å². The Morgan fingerprint density at radius 2 is 2.17 bits per heavy atom. The maximum Gasteiger partial charge on any atom is 0.250 e. The number of hydrogen-bond donors (Lipinski definition) is 2. The number of nitrogens with zero attached hydrogens (tertiary/aromatic N) is 2. The molecule has 3 aromatic rings. The average molecular weight is 379 g/mol. The van der Waals surface area contributed by atoms with Crippen LogP contribution in [0.1, 0.15) is 5.56 Å². The van der Waals surface area contributed by atoms with Gasteiger partial charge in [0.25, 0.3) is 0 Å². The second-order valence-electron chi connectivity index (χ2n) is 4.81. The lowest BCUT2D eigenvalue weighted by molar-refractivity contribution is -0.118. The zero-order valence-electron chi connectivity index (χ0n) is 12.3. The third-order valence-electron chi connectivity index (χ3n) is 3.15. The molecule has 8 heteroatoms. The summed E-state index contributed by atoms with van der Waals surface area (Å²) in [5.41, 5.74) is 4.42. The molecule has 0 unspecified atom stereocenters. The standard InChI is InChI=1S/C16H12Cl2N4OS/c17-12-5-16(20-8-13(12)18)24-9-15(23)22-21-7-10-6-19-14-4-2-1-3-11(10)14/h1-8,19H,9H2,(H,22,23). The Morgan fingerprint density at radius 1 is 1.33 bits per heavy atom. The molecule has 0 spiro atoms. The van der Waals surface area contributed by atoms with Crippen molar-refractivity contribution in [2.24, 2.45) is 5.10 Å². The van der Waals surface area contributed by atoms with Gasteiger partial charge < -0.3 is 4.98 Å². The van der Waals surface area contributed by atoms with Crippen LogP contribution in [0, 0.1) is 0 Å². The first-order valence-electron chi connectivity index (χ1n) is 6.95. The summed E-state index contributed by atoms with van der Waals surface area (Å²) in [6.07, 6.45) is 4.91. The van der Waals surface area contributed by atoms with Crippen molar-refractivity contribution in [3.05, 3.63) is 58.3 Å². The van der Waals surface area contributed by atoms with Gasteiger partial charge in [-0.25, -0.2) is 10.4 Å². The van der Waals surface area contributed by atoms with E-state index in [4.69, 9.17) is 23.2 Å². The van der Waals surface area contributed by atoms with E-state index in [1.54, 1.807) is 12.3 Å². The third kappa shape index (κ3) is 4.08. The van der Waals surface area contributed by atoms with Gasteiger partial charge in [-0.3, -0.25) is 4.79 Å². The molecule has 2 aromatic heterocycles. The van der Waals surface area contributed by atoms with Crippen molar-refractivity contribution < 1.29 is 4.79 Å². The number of hydrazone groups is 1. The molecule has 0 fully saturated rings. The second-order valence-corrected chi connectivity index (χ2v) is 6.62. The molecule has 2 heterocycles. The van der Waals surface area contributed by atoms with Crippen molar-refractivity contribution in [2.75, 3.05) is 5.75 Å². The zero-order valence-corrected chi connectivity index (χ0v) is 14.6. The molecule has 3 rings (SSSR count). The van der Waals surface area contributed by atoms with Gasteiger partial charge in [0, 0.05) is 28.9 Å². The number of nitrogens with one attached hydrogen (secondary N) is 2. The van der Waals surface area contributed by atoms with Crippen molar-refractivity contribution in [3.63, 3.8) is 0 Å². The van der Waals surface area contributed by atoms with Crippen molar-refractivity contribution in [1.29, 1.82) is 0 Å². The first-order valence-corrected chi connectivity index (χ1v) is 8.69. The van der Waals surface area contributed by atoms with E-state index in [0.29, 0.717) is 15.1 Å².